The molecule has 0 aliphatic heterocycles. The van der Waals surface area contributed by atoms with E-state index in [9.17, 15) is 0 Å². The maximum absolute atomic E-state index is 5.57. The van der Waals surface area contributed by atoms with Gasteiger partial charge in [0, 0.05) is 16.2 Å². The van der Waals surface area contributed by atoms with E-state index in [1.165, 1.54) is 16.0 Å². The zero-order valence-corrected chi connectivity index (χ0v) is 12.3. The molecule has 1 aromatic heterocycles. The topological polar surface area (TPSA) is 63.8 Å². The molecule has 20 heavy (non-hydrogen) atoms. The SMILES string of the molecule is Cc1ccc(SCc2nc3c(c(NN)n2)CCC3)cc1. The molecule has 0 bridgehead atoms. The van der Waals surface area contributed by atoms with Crippen LogP contribution in [0.4, 0.5) is 5.82 Å². The van der Waals surface area contributed by atoms with Gasteiger partial charge in [-0.25, -0.2) is 15.8 Å². The summed E-state index contributed by atoms with van der Waals surface area (Å²) in [5, 5.41) is 0. The normalized spacial score (nSPS) is 13.3. The smallest absolute Gasteiger partial charge is 0.147 e. The van der Waals surface area contributed by atoms with E-state index < -0.39 is 0 Å². The van der Waals surface area contributed by atoms with Gasteiger partial charge < -0.3 is 5.43 Å². The summed E-state index contributed by atoms with van der Waals surface area (Å²) >= 11 is 1.75. The van der Waals surface area contributed by atoms with E-state index >= 15 is 0 Å². The van der Waals surface area contributed by atoms with Gasteiger partial charge in [0.2, 0.25) is 0 Å². The lowest BCUT2D eigenvalue weighted by atomic mass is 10.2. The number of nitrogens with two attached hydrogens (primary N) is 1. The van der Waals surface area contributed by atoms with E-state index in [1.807, 2.05) is 0 Å². The Balaban J connectivity index is 1.76. The number of thioether (sulfide) groups is 1. The van der Waals surface area contributed by atoms with Gasteiger partial charge in [0.1, 0.15) is 11.6 Å². The summed E-state index contributed by atoms with van der Waals surface area (Å²) in [5.74, 6) is 7.99. The van der Waals surface area contributed by atoms with Crippen LogP contribution in [0.15, 0.2) is 29.2 Å². The largest absolute Gasteiger partial charge is 0.308 e. The molecular weight excluding hydrogens is 268 g/mol. The summed E-state index contributed by atoms with van der Waals surface area (Å²) in [6.07, 6.45) is 3.21. The predicted molar refractivity (Wildman–Crippen MR) is 82.6 cm³/mol. The number of benzene rings is 1. The maximum Gasteiger partial charge on any atom is 0.147 e. The van der Waals surface area contributed by atoms with Crippen molar-refractivity contribution in [3.63, 3.8) is 0 Å². The number of fused-ring (bicyclic) bond motifs is 1. The number of nitrogen functional groups attached to an aromatic ring is 1. The van der Waals surface area contributed by atoms with Crippen LogP contribution in [-0.4, -0.2) is 9.97 Å². The second kappa shape index (κ2) is 5.81. The summed E-state index contributed by atoms with van der Waals surface area (Å²) in [5.41, 5.74) is 6.34. The lowest BCUT2D eigenvalue weighted by Crippen LogP contribution is -2.13. The van der Waals surface area contributed by atoms with Crippen molar-refractivity contribution in [1.29, 1.82) is 0 Å². The highest BCUT2D eigenvalue weighted by molar-refractivity contribution is 7.98. The van der Waals surface area contributed by atoms with Crippen LogP contribution in [-0.2, 0) is 18.6 Å². The minimum Gasteiger partial charge on any atom is -0.308 e. The first kappa shape index (κ1) is 13.4. The molecule has 0 radical (unpaired) electrons. The molecule has 5 heteroatoms. The van der Waals surface area contributed by atoms with Crippen LogP contribution in [0.1, 0.15) is 29.1 Å². The number of hydrogen-bond acceptors (Lipinski definition) is 5. The lowest BCUT2D eigenvalue weighted by Gasteiger charge is -2.09. The van der Waals surface area contributed by atoms with Crippen molar-refractivity contribution in [3.8, 4) is 0 Å². The Labute approximate surface area is 123 Å². The Bertz CT molecular complexity index is 610. The zero-order chi connectivity index (χ0) is 13.9. The van der Waals surface area contributed by atoms with Crippen molar-refractivity contribution in [3.05, 3.63) is 46.9 Å². The fourth-order valence-electron chi connectivity index (χ4n) is 2.45. The highest BCUT2D eigenvalue weighted by atomic mass is 32.2. The number of nitrogens with zero attached hydrogens (tertiary/aromatic N) is 2. The van der Waals surface area contributed by atoms with E-state index in [1.54, 1.807) is 11.8 Å². The number of aryl methyl sites for hydroxylation is 2. The number of aromatic nitrogens is 2. The Kier molecular flexibility index (Phi) is 3.89. The van der Waals surface area contributed by atoms with Crippen molar-refractivity contribution < 1.29 is 0 Å². The highest BCUT2D eigenvalue weighted by Crippen LogP contribution is 2.28. The zero-order valence-electron chi connectivity index (χ0n) is 11.5. The van der Waals surface area contributed by atoms with Crippen LogP contribution in [0, 0.1) is 6.92 Å². The van der Waals surface area contributed by atoms with Crippen LogP contribution in [0.3, 0.4) is 0 Å². The van der Waals surface area contributed by atoms with Gasteiger partial charge in [-0.3, -0.25) is 0 Å². The Morgan fingerprint density at radius 2 is 2.00 bits per heavy atom. The third-order valence-electron chi connectivity index (χ3n) is 3.51. The average Bonchev–Trinajstić information content (AvgIpc) is 2.94. The van der Waals surface area contributed by atoms with E-state index in [2.05, 4.69) is 46.6 Å². The molecule has 4 nitrogen and oxygen atoms in total. The van der Waals surface area contributed by atoms with Crippen molar-refractivity contribution in [1.82, 2.24) is 9.97 Å². The standard InChI is InChI=1S/C15H18N4S/c1-10-5-7-11(8-6-10)20-9-14-17-13-4-2-3-12(13)15(18-14)19-16/h5-8H,2-4,9,16H2,1H3,(H,17,18,19). The van der Waals surface area contributed by atoms with E-state index in [-0.39, 0.29) is 0 Å². The van der Waals surface area contributed by atoms with E-state index in [4.69, 9.17) is 5.84 Å². The monoisotopic (exact) mass is 286 g/mol. The summed E-state index contributed by atoms with van der Waals surface area (Å²) in [7, 11) is 0. The number of hydrazine groups is 1. The first-order valence-corrected chi connectivity index (χ1v) is 7.79. The molecule has 3 N–H and O–H groups in total. The van der Waals surface area contributed by atoms with Gasteiger partial charge in [0.05, 0.1) is 5.75 Å². The second-order valence-corrected chi connectivity index (χ2v) is 6.06. The molecule has 0 saturated heterocycles. The van der Waals surface area contributed by atoms with Crippen molar-refractivity contribution in [2.24, 2.45) is 5.84 Å². The van der Waals surface area contributed by atoms with Crippen molar-refractivity contribution >= 4 is 17.6 Å². The molecule has 1 aliphatic rings. The number of rotatable bonds is 4. The van der Waals surface area contributed by atoms with Gasteiger partial charge in [-0.15, -0.1) is 11.8 Å². The summed E-state index contributed by atoms with van der Waals surface area (Å²) in [4.78, 5) is 10.4. The fraction of sp³-hybridized carbons (Fsp3) is 0.333. The number of anilines is 1. The Morgan fingerprint density at radius 1 is 1.20 bits per heavy atom. The summed E-state index contributed by atoms with van der Waals surface area (Å²) in [6.45, 7) is 2.09. The Morgan fingerprint density at radius 3 is 2.75 bits per heavy atom. The highest BCUT2D eigenvalue weighted by Gasteiger charge is 2.18. The van der Waals surface area contributed by atoms with Crippen molar-refractivity contribution in [2.75, 3.05) is 5.43 Å². The predicted octanol–water partition coefficient (Wildman–Crippen LogP) is 2.85. The molecule has 104 valence electrons. The number of nitrogens with one attached hydrogen (secondary N) is 1. The molecule has 0 atom stereocenters. The third-order valence-corrected chi connectivity index (χ3v) is 4.51. The van der Waals surface area contributed by atoms with Crippen LogP contribution in [0.2, 0.25) is 0 Å². The molecule has 1 aliphatic carbocycles. The van der Waals surface area contributed by atoms with Crippen LogP contribution >= 0.6 is 11.8 Å². The summed E-state index contributed by atoms with van der Waals surface area (Å²) in [6, 6.07) is 8.52. The molecule has 0 saturated carbocycles. The minimum atomic E-state index is 0.769. The van der Waals surface area contributed by atoms with Crippen LogP contribution < -0.4 is 11.3 Å². The maximum atomic E-state index is 5.57. The Hall–Kier alpha value is -1.59. The second-order valence-electron chi connectivity index (χ2n) is 5.01. The molecule has 0 amide bonds. The van der Waals surface area contributed by atoms with E-state index in [0.29, 0.717) is 0 Å². The van der Waals surface area contributed by atoms with E-state index in [0.717, 1.165) is 42.4 Å². The third kappa shape index (κ3) is 2.78. The summed E-state index contributed by atoms with van der Waals surface area (Å²) < 4.78 is 0. The van der Waals surface area contributed by atoms with Gasteiger partial charge in [0.25, 0.3) is 0 Å². The molecule has 2 aromatic rings. The first-order valence-electron chi connectivity index (χ1n) is 6.81. The van der Waals surface area contributed by atoms with Crippen LogP contribution in [0.5, 0.6) is 0 Å². The molecule has 0 fully saturated rings. The quantitative estimate of drug-likeness (QED) is 0.514. The molecular formula is C15H18N4S. The molecule has 1 aromatic carbocycles. The van der Waals surface area contributed by atoms with Crippen molar-refractivity contribution in [2.45, 2.75) is 36.8 Å². The molecule has 0 unspecified atom stereocenters. The average molecular weight is 286 g/mol. The first-order chi connectivity index (χ1) is 9.76. The molecule has 3 rings (SSSR count). The molecule has 0 spiro atoms. The fourth-order valence-corrected chi connectivity index (χ4v) is 3.20. The van der Waals surface area contributed by atoms with Gasteiger partial charge in [-0.2, -0.15) is 0 Å². The van der Waals surface area contributed by atoms with Crippen LogP contribution in [0.25, 0.3) is 0 Å². The van der Waals surface area contributed by atoms with Gasteiger partial charge in [-0.05, 0) is 38.3 Å². The molecule has 1 heterocycles. The van der Waals surface area contributed by atoms with Gasteiger partial charge >= 0.3 is 0 Å². The lowest BCUT2D eigenvalue weighted by molar-refractivity contribution is 0.893. The number of hydrogen-bond donors (Lipinski definition) is 2. The van der Waals surface area contributed by atoms with Gasteiger partial charge in [0.15, 0.2) is 0 Å². The van der Waals surface area contributed by atoms with Gasteiger partial charge in [-0.1, -0.05) is 17.7 Å². The minimum absolute atomic E-state index is 0.769.